The normalized spacial score (nSPS) is 14.7. The largest absolute Gasteiger partial charge is 0.474 e. The van der Waals surface area contributed by atoms with Crippen LogP contribution in [-0.2, 0) is 4.74 Å². The topological polar surface area (TPSA) is 51.7 Å². The molecule has 0 radical (unpaired) electrons. The van der Waals surface area contributed by atoms with Crippen LogP contribution in [0.15, 0.2) is 10.7 Å². The number of amides is 1. The van der Waals surface area contributed by atoms with E-state index in [4.69, 9.17) is 21.1 Å². The number of halogens is 2. The van der Waals surface area contributed by atoms with Crippen LogP contribution in [0, 0.1) is 0 Å². The number of fused-ring (bicyclic) bond motifs is 1. The van der Waals surface area contributed by atoms with E-state index < -0.39 is 11.7 Å². The molecule has 1 amide bonds. The number of hydrogen-bond acceptors (Lipinski definition) is 4. The molecule has 1 aromatic rings. The molecule has 0 spiro atoms. The van der Waals surface area contributed by atoms with Crippen LogP contribution in [0.3, 0.4) is 0 Å². The second kappa shape index (κ2) is 5.17. The van der Waals surface area contributed by atoms with E-state index in [1.807, 2.05) is 20.8 Å². The summed E-state index contributed by atoms with van der Waals surface area (Å²) in [7, 11) is 0. The third-order valence-electron chi connectivity index (χ3n) is 2.35. The Labute approximate surface area is 125 Å². The number of aromatic nitrogens is 1. The molecule has 1 aromatic heterocycles. The van der Waals surface area contributed by atoms with Gasteiger partial charge in [0.25, 0.3) is 0 Å². The van der Waals surface area contributed by atoms with Crippen molar-refractivity contribution in [1.82, 2.24) is 4.98 Å². The Balaban J connectivity index is 2.37. The fraction of sp³-hybridized carbons (Fsp3) is 0.500. The van der Waals surface area contributed by atoms with E-state index in [9.17, 15) is 4.79 Å². The number of anilines is 1. The molecule has 1 aliphatic rings. The van der Waals surface area contributed by atoms with E-state index >= 15 is 0 Å². The van der Waals surface area contributed by atoms with E-state index in [2.05, 4.69) is 20.9 Å². The Kier molecular flexibility index (Phi) is 3.92. The van der Waals surface area contributed by atoms with Crippen LogP contribution in [0.2, 0.25) is 5.02 Å². The summed E-state index contributed by atoms with van der Waals surface area (Å²) in [6.45, 7) is 6.17. The third kappa shape index (κ3) is 3.12. The first-order valence-electron chi connectivity index (χ1n) is 5.77. The summed E-state index contributed by atoms with van der Waals surface area (Å²) in [5.41, 5.74) is -0.127. The number of rotatable bonds is 0. The minimum absolute atomic E-state index is 0.338. The van der Waals surface area contributed by atoms with Gasteiger partial charge in [0.05, 0.1) is 16.0 Å². The molecular formula is C12H14BrClN2O3. The zero-order chi connectivity index (χ0) is 14.2. The quantitative estimate of drug-likeness (QED) is 0.717. The van der Waals surface area contributed by atoms with Gasteiger partial charge in [0.2, 0.25) is 5.88 Å². The lowest BCUT2D eigenvalue weighted by molar-refractivity contribution is 0.0566. The summed E-state index contributed by atoms with van der Waals surface area (Å²) in [5, 5.41) is 0.385. The van der Waals surface area contributed by atoms with Crippen molar-refractivity contribution >= 4 is 39.3 Å². The van der Waals surface area contributed by atoms with Gasteiger partial charge in [-0.15, -0.1) is 0 Å². The van der Waals surface area contributed by atoms with Crippen molar-refractivity contribution in [2.24, 2.45) is 0 Å². The van der Waals surface area contributed by atoms with Crippen molar-refractivity contribution < 1.29 is 14.3 Å². The van der Waals surface area contributed by atoms with Gasteiger partial charge in [0, 0.05) is 6.20 Å². The van der Waals surface area contributed by atoms with Crippen molar-refractivity contribution in [1.29, 1.82) is 0 Å². The molecule has 0 aromatic carbocycles. The number of hydrogen-bond donors (Lipinski definition) is 0. The van der Waals surface area contributed by atoms with Crippen molar-refractivity contribution in [3.05, 3.63) is 15.7 Å². The first kappa shape index (κ1) is 14.4. The molecule has 1 aliphatic heterocycles. The van der Waals surface area contributed by atoms with Gasteiger partial charge in [-0.3, -0.25) is 4.90 Å². The Bertz CT molecular complexity index is 516. The van der Waals surface area contributed by atoms with Gasteiger partial charge in [-0.05, 0) is 36.7 Å². The monoisotopic (exact) mass is 348 g/mol. The van der Waals surface area contributed by atoms with Crippen LogP contribution in [-0.4, -0.2) is 29.8 Å². The summed E-state index contributed by atoms with van der Waals surface area (Å²) >= 11 is 9.49. The van der Waals surface area contributed by atoms with Crippen LogP contribution in [0.1, 0.15) is 20.8 Å². The van der Waals surface area contributed by atoms with Gasteiger partial charge in [-0.25, -0.2) is 9.78 Å². The van der Waals surface area contributed by atoms with Crippen LogP contribution in [0.25, 0.3) is 0 Å². The highest BCUT2D eigenvalue weighted by Gasteiger charge is 2.31. The molecule has 19 heavy (non-hydrogen) atoms. The van der Waals surface area contributed by atoms with E-state index in [1.165, 1.54) is 4.90 Å². The maximum absolute atomic E-state index is 12.2. The minimum atomic E-state index is -0.568. The van der Waals surface area contributed by atoms with E-state index in [1.54, 1.807) is 6.20 Å². The maximum atomic E-state index is 12.2. The van der Waals surface area contributed by atoms with E-state index in [-0.39, 0.29) is 0 Å². The molecule has 0 N–H and O–H groups in total. The Hall–Kier alpha value is -1.01. The number of carbonyl (C=O) groups excluding carboxylic acids is 1. The molecule has 104 valence electrons. The van der Waals surface area contributed by atoms with Gasteiger partial charge in [-0.2, -0.15) is 0 Å². The third-order valence-corrected chi connectivity index (χ3v) is 3.56. The first-order valence-corrected chi connectivity index (χ1v) is 6.94. The molecule has 2 rings (SSSR count). The molecule has 2 heterocycles. The Morgan fingerprint density at radius 3 is 2.89 bits per heavy atom. The Morgan fingerprint density at radius 1 is 1.58 bits per heavy atom. The second-order valence-electron chi connectivity index (χ2n) is 5.05. The average molecular weight is 350 g/mol. The molecule has 0 atom stereocenters. The molecule has 0 unspecified atom stereocenters. The number of pyridine rings is 1. The lowest BCUT2D eigenvalue weighted by Gasteiger charge is -2.31. The fourth-order valence-electron chi connectivity index (χ4n) is 1.62. The van der Waals surface area contributed by atoms with Crippen molar-refractivity contribution in [2.75, 3.05) is 18.1 Å². The summed E-state index contributed by atoms with van der Waals surface area (Å²) in [6.07, 6.45) is 1.08. The Morgan fingerprint density at radius 2 is 2.26 bits per heavy atom. The SMILES string of the molecule is CC(C)(C)OC(=O)N1CCOc2ncc(Br)c(Cl)c21. The average Bonchev–Trinajstić information content (AvgIpc) is 2.31. The maximum Gasteiger partial charge on any atom is 0.415 e. The molecule has 0 bridgehead atoms. The van der Waals surface area contributed by atoms with Gasteiger partial charge in [0.15, 0.2) is 0 Å². The minimum Gasteiger partial charge on any atom is -0.474 e. The van der Waals surface area contributed by atoms with Crippen molar-refractivity contribution in [3.8, 4) is 5.88 Å². The molecule has 0 saturated heterocycles. The lowest BCUT2D eigenvalue weighted by Crippen LogP contribution is -2.41. The molecule has 5 nitrogen and oxygen atoms in total. The van der Waals surface area contributed by atoms with E-state index in [0.717, 1.165) is 0 Å². The summed E-state index contributed by atoms with van der Waals surface area (Å²) in [6, 6.07) is 0. The summed E-state index contributed by atoms with van der Waals surface area (Å²) < 4.78 is 11.4. The van der Waals surface area contributed by atoms with Gasteiger partial charge in [0.1, 0.15) is 17.9 Å². The lowest BCUT2D eigenvalue weighted by atomic mass is 10.2. The van der Waals surface area contributed by atoms with Crippen LogP contribution in [0.5, 0.6) is 5.88 Å². The van der Waals surface area contributed by atoms with Gasteiger partial charge >= 0.3 is 6.09 Å². The highest BCUT2D eigenvalue weighted by Crippen LogP contribution is 2.40. The zero-order valence-electron chi connectivity index (χ0n) is 10.9. The first-order chi connectivity index (χ1) is 8.79. The summed E-state index contributed by atoms with van der Waals surface area (Å²) in [5.74, 6) is 0.338. The fourth-order valence-corrected chi connectivity index (χ4v) is 2.15. The zero-order valence-corrected chi connectivity index (χ0v) is 13.2. The molecule has 7 heteroatoms. The predicted molar refractivity (Wildman–Crippen MR) is 76.0 cm³/mol. The predicted octanol–water partition coefficient (Wildman–Crippen LogP) is 3.63. The molecular weight excluding hydrogens is 336 g/mol. The van der Waals surface area contributed by atoms with Gasteiger partial charge in [-0.1, -0.05) is 11.6 Å². The van der Waals surface area contributed by atoms with Crippen molar-refractivity contribution in [2.45, 2.75) is 26.4 Å². The van der Waals surface area contributed by atoms with Gasteiger partial charge < -0.3 is 9.47 Å². The van der Waals surface area contributed by atoms with Crippen molar-refractivity contribution in [3.63, 3.8) is 0 Å². The standard InChI is InChI=1S/C12H14BrClN2O3/c1-12(2,3)19-11(17)16-4-5-18-10-9(16)8(14)7(13)6-15-10/h6H,4-5H2,1-3H3. The second-order valence-corrected chi connectivity index (χ2v) is 6.29. The van der Waals surface area contributed by atoms with Crippen LogP contribution < -0.4 is 9.64 Å². The molecule has 0 saturated carbocycles. The highest BCUT2D eigenvalue weighted by molar-refractivity contribution is 9.10. The number of carbonyl (C=O) groups is 1. The smallest absolute Gasteiger partial charge is 0.415 e. The summed E-state index contributed by atoms with van der Waals surface area (Å²) in [4.78, 5) is 17.7. The van der Waals surface area contributed by atoms with E-state index in [0.29, 0.717) is 34.2 Å². The van der Waals surface area contributed by atoms with Crippen LogP contribution >= 0.6 is 27.5 Å². The highest BCUT2D eigenvalue weighted by atomic mass is 79.9. The number of nitrogens with zero attached hydrogens (tertiary/aromatic N) is 2. The number of ether oxygens (including phenoxy) is 2. The molecule has 0 fully saturated rings. The van der Waals surface area contributed by atoms with Crippen LogP contribution in [0.4, 0.5) is 10.5 Å². The molecule has 0 aliphatic carbocycles.